The van der Waals surface area contributed by atoms with E-state index in [0.29, 0.717) is 5.56 Å². The van der Waals surface area contributed by atoms with Gasteiger partial charge in [0.25, 0.3) is 0 Å². The molecule has 0 unspecified atom stereocenters. The minimum atomic E-state index is -4.09. The number of carbonyl (C=O) groups excluding carboxylic acids is 1. The van der Waals surface area contributed by atoms with Crippen LogP contribution in [0.3, 0.4) is 0 Å². The molecule has 0 aliphatic carbocycles. The largest absolute Gasteiger partial charge is 0.477 e. The highest BCUT2D eigenvalue weighted by Crippen LogP contribution is 2.31. The van der Waals surface area contributed by atoms with E-state index in [1.165, 1.54) is 0 Å². The maximum atomic E-state index is 11.9. The van der Waals surface area contributed by atoms with E-state index in [9.17, 15) is 23.1 Å². The van der Waals surface area contributed by atoms with Gasteiger partial charge in [-0.05, 0) is 5.56 Å². The van der Waals surface area contributed by atoms with Crippen molar-refractivity contribution < 1.29 is 32.3 Å². The smallest absolute Gasteiger partial charge is 0.434 e. The molecule has 1 heterocycles. The Kier molecular flexibility index (Phi) is 6.60. The number of hydrogen-bond acceptors (Lipinski definition) is 6. The number of furan rings is 1. The predicted molar refractivity (Wildman–Crippen MR) is 104 cm³/mol. The molecule has 3 N–H and O–H groups in total. The molecule has 1 aromatic heterocycles. The first kappa shape index (κ1) is 22.3. The summed E-state index contributed by atoms with van der Waals surface area (Å²) in [5.41, 5.74) is -0.542. The van der Waals surface area contributed by atoms with Gasteiger partial charge in [-0.2, -0.15) is 4.99 Å². The number of hydrogen-bond donors (Lipinski definition) is 2. The third-order valence-electron chi connectivity index (χ3n) is 3.76. The van der Waals surface area contributed by atoms with Crippen LogP contribution < -0.4 is 5.14 Å². The number of carbonyl (C=O) groups is 2. The standard InChI is InChI=1S/C19H22N2O7S/c1-19(2,3)16-15(29(20,25)26)10-13(28-16)9-14(17(22)23)21-18(24)27-11-12-7-5-4-6-8-12/h4-8,10H,9,11H2,1-3H3,(H,22,23)(H2,20,25,26). The fourth-order valence-corrected chi connectivity index (χ4v) is 3.34. The van der Waals surface area contributed by atoms with Gasteiger partial charge in [-0.25, -0.2) is 23.1 Å². The highest BCUT2D eigenvalue weighted by molar-refractivity contribution is 7.89. The zero-order chi connectivity index (χ0) is 21.8. The van der Waals surface area contributed by atoms with E-state index in [1.807, 2.05) is 0 Å². The number of benzene rings is 1. The van der Waals surface area contributed by atoms with E-state index >= 15 is 0 Å². The third-order valence-corrected chi connectivity index (χ3v) is 4.67. The molecule has 0 saturated carbocycles. The Morgan fingerprint density at radius 3 is 2.31 bits per heavy atom. The normalized spacial score (nSPS) is 12.6. The summed E-state index contributed by atoms with van der Waals surface area (Å²) in [6.45, 7) is 5.09. The van der Waals surface area contributed by atoms with Gasteiger partial charge >= 0.3 is 12.1 Å². The second kappa shape index (κ2) is 8.58. The second-order valence-electron chi connectivity index (χ2n) is 7.28. The van der Waals surface area contributed by atoms with Gasteiger partial charge in [0.05, 0.1) is 6.42 Å². The molecule has 2 aromatic rings. The Labute approximate surface area is 168 Å². The monoisotopic (exact) mass is 422 g/mol. The van der Waals surface area contributed by atoms with E-state index in [-0.39, 0.29) is 23.0 Å². The lowest BCUT2D eigenvalue weighted by atomic mass is 9.93. The quantitative estimate of drug-likeness (QED) is 0.679. The van der Waals surface area contributed by atoms with Crippen molar-refractivity contribution >= 4 is 27.8 Å². The molecule has 29 heavy (non-hydrogen) atoms. The average molecular weight is 422 g/mol. The maximum absolute atomic E-state index is 11.9. The van der Waals surface area contributed by atoms with Crippen LogP contribution in [-0.2, 0) is 38.0 Å². The lowest BCUT2D eigenvalue weighted by Gasteiger charge is -2.16. The van der Waals surface area contributed by atoms with Gasteiger partial charge in [0.15, 0.2) is 0 Å². The van der Waals surface area contributed by atoms with Crippen LogP contribution in [0.25, 0.3) is 0 Å². The molecule has 1 aromatic carbocycles. The zero-order valence-corrected chi connectivity index (χ0v) is 17.0. The van der Waals surface area contributed by atoms with Crippen LogP contribution in [0.5, 0.6) is 0 Å². The average Bonchev–Trinajstić information content (AvgIpc) is 3.05. The van der Waals surface area contributed by atoms with Gasteiger partial charge in [0.2, 0.25) is 10.0 Å². The Hall–Kier alpha value is -2.98. The van der Waals surface area contributed by atoms with Gasteiger partial charge in [-0.15, -0.1) is 0 Å². The summed E-state index contributed by atoms with van der Waals surface area (Å²) in [4.78, 5) is 26.6. The molecular formula is C19H22N2O7S. The summed E-state index contributed by atoms with van der Waals surface area (Å²) in [7, 11) is -4.09. The molecule has 0 spiro atoms. The number of ether oxygens (including phenoxy) is 1. The van der Waals surface area contributed by atoms with E-state index in [4.69, 9.17) is 14.3 Å². The van der Waals surface area contributed by atoms with Crippen molar-refractivity contribution in [3.05, 3.63) is 53.5 Å². The molecule has 0 fully saturated rings. The van der Waals surface area contributed by atoms with E-state index in [1.54, 1.807) is 51.1 Å². The molecule has 0 atom stereocenters. The number of amides is 1. The fraction of sp³-hybridized carbons (Fsp3) is 0.316. The van der Waals surface area contributed by atoms with Gasteiger partial charge in [0, 0.05) is 11.5 Å². The highest BCUT2D eigenvalue weighted by atomic mass is 32.2. The molecular weight excluding hydrogens is 400 g/mol. The first-order valence-electron chi connectivity index (χ1n) is 8.55. The van der Waals surface area contributed by atoms with Crippen LogP contribution in [0.2, 0.25) is 0 Å². The minimum Gasteiger partial charge on any atom is -0.477 e. The molecule has 0 aliphatic heterocycles. The summed E-state index contributed by atoms with van der Waals surface area (Å²) >= 11 is 0. The first-order valence-corrected chi connectivity index (χ1v) is 10.1. The molecule has 10 heteroatoms. The molecule has 0 saturated heterocycles. The number of nitrogens with two attached hydrogens (primary N) is 1. The number of aliphatic imine (C=N–C) groups is 1. The van der Waals surface area contributed by atoms with E-state index in [0.717, 1.165) is 6.07 Å². The molecule has 1 amide bonds. The number of sulfonamides is 1. The SMILES string of the molecule is CC(C)(C)c1oc(CC(=NC(=O)OCc2ccccc2)C(=O)O)cc1S(N)(=O)=O. The van der Waals surface area contributed by atoms with E-state index < -0.39 is 39.6 Å². The molecule has 9 nitrogen and oxygen atoms in total. The summed E-state index contributed by atoms with van der Waals surface area (Å²) in [5.74, 6) is -1.38. The Morgan fingerprint density at radius 2 is 1.83 bits per heavy atom. The van der Waals surface area contributed by atoms with Crippen molar-refractivity contribution in [1.82, 2.24) is 0 Å². The minimum absolute atomic E-state index is 0.00374. The summed E-state index contributed by atoms with van der Waals surface area (Å²) in [5, 5.41) is 14.6. The van der Waals surface area contributed by atoms with Crippen LogP contribution >= 0.6 is 0 Å². The van der Waals surface area contributed by atoms with Crippen molar-refractivity contribution in [3.63, 3.8) is 0 Å². The van der Waals surface area contributed by atoms with Crippen molar-refractivity contribution in [2.75, 3.05) is 0 Å². The van der Waals surface area contributed by atoms with Crippen LogP contribution in [0.15, 0.2) is 50.7 Å². The number of aliphatic carboxylic acids is 1. The van der Waals surface area contributed by atoms with Gasteiger partial charge in [0.1, 0.15) is 28.7 Å². The highest BCUT2D eigenvalue weighted by Gasteiger charge is 2.30. The summed E-state index contributed by atoms with van der Waals surface area (Å²) < 4.78 is 34.1. The zero-order valence-electron chi connectivity index (χ0n) is 16.2. The van der Waals surface area contributed by atoms with E-state index in [2.05, 4.69) is 4.99 Å². The van der Waals surface area contributed by atoms with Gasteiger partial charge in [-0.1, -0.05) is 51.1 Å². The number of carboxylic acid groups (broad SMARTS) is 1. The second-order valence-corrected chi connectivity index (χ2v) is 8.81. The number of nitrogens with zero attached hydrogens (tertiary/aromatic N) is 1. The van der Waals surface area contributed by atoms with Crippen molar-refractivity contribution in [1.29, 1.82) is 0 Å². The predicted octanol–water partition coefficient (Wildman–Crippen LogP) is 2.63. The fourth-order valence-electron chi connectivity index (χ4n) is 2.43. The molecule has 2 rings (SSSR count). The van der Waals surface area contributed by atoms with Crippen LogP contribution in [0.1, 0.15) is 37.9 Å². The van der Waals surface area contributed by atoms with Crippen molar-refractivity contribution in [2.24, 2.45) is 10.1 Å². The molecule has 0 aliphatic rings. The maximum Gasteiger partial charge on any atom is 0.434 e. The topological polar surface area (TPSA) is 149 Å². The number of primary sulfonamides is 1. The number of rotatable bonds is 6. The van der Waals surface area contributed by atoms with Crippen LogP contribution in [0.4, 0.5) is 4.79 Å². The van der Waals surface area contributed by atoms with Gasteiger partial charge < -0.3 is 14.3 Å². The Morgan fingerprint density at radius 1 is 1.21 bits per heavy atom. The molecule has 0 bridgehead atoms. The van der Waals surface area contributed by atoms with Crippen LogP contribution in [0, 0.1) is 0 Å². The van der Waals surface area contributed by atoms with Crippen molar-refractivity contribution in [3.8, 4) is 0 Å². The Bertz CT molecular complexity index is 1030. The molecule has 156 valence electrons. The van der Waals surface area contributed by atoms with Crippen molar-refractivity contribution in [2.45, 2.75) is 44.1 Å². The summed E-state index contributed by atoms with van der Waals surface area (Å²) in [6, 6.07) is 9.95. The summed E-state index contributed by atoms with van der Waals surface area (Å²) in [6.07, 6.45) is -1.51. The Balaban J connectivity index is 2.24. The third kappa shape index (κ3) is 6.26. The van der Waals surface area contributed by atoms with Crippen LogP contribution in [-0.4, -0.2) is 31.3 Å². The lowest BCUT2D eigenvalue weighted by Crippen LogP contribution is -2.19. The lowest BCUT2D eigenvalue weighted by molar-refractivity contribution is -0.129. The van der Waals surface area contributed by atoms with Gasteiger partial charge in [-0.3, -0.25) is 0 Å². The number of carboxylic acids is 1. The molecule has 0 radical (unpaired) electrons. The first-order chi connectivity index (χ1) is 13.4.